The molecule has 0 spiro atoms. The second-order valence-corrected chi connectivity index (χ2v) is 7.57. The summed E-state index contributed by atoms with van der Waals surface area (Å²) in [5.41, 5.74) is 4.32. The van der Waals surface area contributed by atoms with Crippen LogP contribution in [-0.4, -0.2) is 34.0 Å². The van der Waals surface area contributed by atoms with E-state index in [1.807, 2.05) is 60.7 Å². The molecule has 0 fully saturated rings. The standard InChI is InChI=1S/C26H27N3O2/c1-3-29-23-15-9-8-14-22(23)27-25(29)18-28(2)26(30)19-31-24-16-10-7-13-21(24)17-20-11-5-4-6-12-20/h4-16H,3,17-19H2,1-2H3. The number of hydrogen-bond acceptors (Lipinski definition) is 3. The molecule has 0 saturated carbocycles. The molecule has 158 valence electrons. The number of benzene rings is 3. The van der Waals surface area contributed by atoms with E-state index in [1.54, 1.807) is 11.9 Å². The maximum Gasteiger partial charge on any atom is 0.260 e. The number of para-hydroxylation sites is 3. The molecule has 4 rings (SSSR count). The molecule has 1 amide bonds. The number of rotatable bonds is 8. The van der Waals surface area contributed by atoms with E-state index >= 15 is 0 Å². The quantitative estimate of drug-likeness (QED) is 0.421. The Morgan fingerprint density at radius 3 is 2.48 bits per heavy atom. The number of carbonyl (C=O) groups excluding carboxylic acids is 1. The zero-order valence-corrected chi connectivity index (χ0v) is 18.0. The third-order valence-electron chi connectivity index (χ3n) is 5.42. The van der Waals surface area contributed by atoms with Gasteiger partial charge in [-0.1, -0.05) is 60.7 Å². The minimum atomic E-state index is -0.0794. The molecule has 0 aliphatic heterocycles. The van der Waals surface area contributed by atoms with Crippen LogP contribution >= 0.6 is 0 Å². The number of ether oxygens (including phenoxy) is 1. The highest BCUT2D eigenvalue weighted by Crippen LogP contribution is 2.22. The summed E-state index contributed by atoms with van der Waals surface area (Å²) in [6.45, 7) is 3.33. The summed E-state index contributed by atoms with van der Waals surface area (Å²) in [5, 5.41) is 0. The van der Waals surface area contributed by atoms with Crippen molar-refractivity contribution >= 4 is 16.9 Å². The van der Waals surface area contributed by atoms with Crippen molar-refractivity contribution in [2.45, 2.75) is 26.4 Å². The van der Waals surface area contributed by atoms with E-state index in [0.717, 1.165) is 41.1 Å². The van der Waals surface area contributed by atoms with Crippen LogP contribution in [0.3, 0.4) is 0 Å². The molecular weight excluding hydrogens is 386 g/mol. The second-order valence-electron chi connectivity index (χ2n) is 7.57. The number of imidazole rings is 1. The molecule has 4 aromatic rings. The van der Waals surface area contributed by atoms with Crippen LogP contribution in [0.25, 0.3) is 11.0 Å². The summed E-state index contributed by atoms with van der Waals surface area (Å²) in [5.74, 6) is 1.54. The van der Waals surface area contributed by atoms with Gasteiger partial charge in [-0.3, -0.25) is 4.79 Å². The Morgan fingerprint density at radius 1 is 0.968 bits per heavy atom. The smallest absolute Gasteiger partial charge is 0.260 e. The summed E-state index contributed by atoms with van der Waals surface area (Å²) in [7, 11) is 1.79. The molecule has 31 heavy (non-hydrogen) atoms. The van der Waals surface area contributed by atoms with Gasteiger partial charge in [0.05, 0.1) is 17.6 Å². The van der Waals surface area contributed by atoms with E-state index < -0.39 is 0 Å². The largest absolute Gasteiger partial charge is 0.483 e. The van der Waals surface area contributed by atoms with Crippen LogP contribution in [-0.2, 0) is 24.3 Å². The fourth-order valence-electron chi connectivity index (χ4n) is 3.76. The van der Waals surface area contributed by atoms with E-state index in [-0.39, 0.29) is 12.5 Å². The summed E-state index contributed by atoms with van der Waals surface area (Å²) in [6.07, 6.45) is 0.765. The Labute approximate surface area is 182 Å². The van der Waals surface area contributed by atoms with E-state index in [0.29, 0.717) is 6.54 Å². The van der Waals surface area contributed by atoms with Crippen molar-refractivity contribution in [1.29, 1.82) is 0 Å². The third kappa shape index (κ3) is 4.77. The number of hydrogen-bond donors (Lipinski definition) is 0. The van der Waals surface area contributed by atoms with Crippen molar-refractivity contribution in [2.75, 3.05) is 13.7 Å². The molecule has 3 aromatic carbocycles. The summed E-state index contributed by atoms with van der Waals surface area (Å²) in [4.78, 5) is 19.2. The molecule has 0 saturated heterocycles. The first kappa shape index (κ1) is 20.7. The number of aromatic nitrogens is 2. The van der Waals surface area contributed by atoms with Gasteiger partial charge in [-0.05, 0) is 36.2 Å². The summed E-state index contributed by atoms with van der Waals surface area (Å²) < 4.78 is 8.08. The van der Waals surface area contributed by atoms with Gasteiger partial charge in [0.25, 0.3) is 5.91 Å². The zero-order chi connectivity index (χ0) is 21.6. The van der Waals surface area contributed by atoms with Crippen molar-refractivity contribution in [3.8, 4) is 5.75 Å². The lowest BCUT2D eigenvalue weighted by atomic mass is 10.0. The van der Waals surface area contributed by atoms with E-state index in [4.69, 9.17) is 9.72 Å². The van der Waals surface area contributed by atoms with Gasteiger partial charge in [0.15, 0.2) is 6.61 Å². The van der Waals surface area contributed by atoms with Gasteiger partial charge in [-0.15, -0.1) is 0 Å². The molecule has 5 heteroatoms. The fraction of sp³-hybridized carbons (Fsp3) is 0.231. The van der Waals surface area contributed by atoms with Crippen molar-refractivity contribution in [1.82, 2.24) is 14.5 Å². The lowest BCUT2D eigenvalue weighted by Crippen LogP contribution is -2.32. The lowest BCUT2D eigenvalue weighted by molar-refractivity contribution is -0.132. The Morgan fingerprint density at radius 2 is 1.68 bits per heavy atom. The van der Waals surface area contributed by atoms with Crippen LogP contribution in [0.2, 0.25) is 0 Å². The molecule has 1 aromatic heterocycles. The lowest BCUT2D eigenvalue weighted by Gasteiger charge is -2.18. The highest BCUT2D eigenvalue weighted by atomic mass is 16.5. The topological polar surface area (TPSA) is 47.4 Å². The van der Waals surface area contributed by atoms with Crippen molar-refractivity contribution in [3.63, 3.8) is 0 Å². The molecular formula is C26H27N3O2. The van der Waals surface area contributed by atoms with Crippen LogP contribution in [0.5, 0.6) is 5.75 Å². The van der Waals surface area contributed by atoms with Crippen LogP contribution < -0.4 is 4.74 Å². The predicted octanol–water partition coefficient (Wildman–Crippen LogP) is 4.68. The first-order valence-corrected chi connectivity index (χ1v) is 10.6. The monoisotopic (exact) mass is 413 g/mol. The third-order valence-corrected chi connectivity index (χ3v) is 5.42. The number of likely N-dealkylation sites (N-methyl/N-ethyl adjacent to an activating group) is 1. The minimum Gasteiger partial charge on any atom is -0.483 e. The average molecular weight is 414 g/mol. The first-order chi connectivity index (χ1) is 15.2. The average Bonchev–Trinajstić information content (AvgIpc) is 3.15. The Balaban J connectivity index is 1.42. The predicted molar refractivity (Wildman–Crippen MR) is 123 cm³/mol. The zero-order valence-electron chi connectivity index (χ0n) is 18.0. The Hall–Kier alpha value is -3.60. The molecule has 5 nitrogen and oxygen atoms in total. The van der Waals surface area contributed by atoms with Gasteiger partial charge in [0, 0.05) is 20.0 Å². The molecule has 0 bridgehead atoms. The van der Waals surface area contributed by atoms with Gasteiger partial charge in [-0.25, -0.2) is 4.98 Å². The normalized spacial score (nSPS) is 10.9. The van der Waals surface area contributed by atoms with Crippen molar-refractivity contribution in [2.24, 2.45) is 0 Å². The van der Waals surface area contributed by atoms with Crippen LogP contribution in [0.15, 0.2) is 78.9 Å². The molecule has 0 aliphatic carbocycles. The maximum atomic E-state index is 12.8. The number of amides is 1. The first-order valence-electron chi connectivity index (χ1n) is 10.6. The highest BCUT2D eigenvalue weighted by molar-refractivity contribution is 5.78. The second kappa shape index (κ2) is 9.47. The fourth-order valence-corrected chi connectivity index (χ4v) is 3.76. The van der Waals surface area contributed by atoms with Gasteiger partial charge < -0.3 is 14.2 Å². The molecule has 0 radical (unpaired) electrons. The molecule has 0 atom stereocenters. The van der Waals surface area contributed by atoms with Crippen LogP contribution in [0, 0.1) is 0 Å². The molecule has 1 heterocycles. The van der Waals surface area contributed by atoms with Gasteiger partial charge in [-0.2, -0.15) is 0 Å². The molecule has 0 N–H and O–H groups in total. The number of carbonyl (C=O) groups is 1. The number of fused-ring (bicyclic) bond motifs is 1. The SMILES string of the molecule is CCn1c(CN(C)C(=O)COc2ccccc2Cc2ccccc2)nc2ccccc21. The van der Waals surface area contributed by atoms with E-state index in [9.17, 15) is 4.79 Å². The minimum absolute atomic E-state index is 0.00530. The molecule has 0 aliphatic rings. The van der Waals surface area contributed by atoms with Crippen molar-refractivity contribution in [3.05, 3.63) is 95.8 Å². The van der Waals surface area contributed by atoms with Crippen molar-refractivity contribution < 1.29 is 9.53 Å². The number of aryl methyl sites for hydroxylation is 1. The highest BCUT2D eigenvalue weighted by Gasteiger charge is 2.16. The summed E-state index contributed by atoms with van der Waals surface area (Å²) in [6, 6.07) is 26.2. The van der Waals surface area contributed by atoms with E-state index in [1.165, 1.54) is 5.56 Å². The Kier molecular flexibility index (Phi) is 6.32. The Bertz CT molecular complexity index is 1170. The maximum absolute atomic E-state index is 12.8. The van der Waals surface area contributed by atoms with Gasteiger partial charge in [0.1, 0.15) is 11.6 Å². The molecule has 0 unspecified atom stereocenters. The van der Waals surface area contributed by atoms with E-state index in [2.05, 4.69) is 29.7 Å². The van der Waals surface area contributed by atoms with Gasteiger partial charge >= 0.3 is 0 Å². The van der Waals surface area contributed by atoms with Crippen LogP contribution in [0.4, 0.5) is 0 Å². The van der Waals surface area contributed by atoms with Crippen LogP contribution in [0.1, 0.15) is 23.9 Å². The van der Waals surface area contributed by atoms with Gasteiger partial charge in [0.2, 0.25) is 0 Å². The number of nitrogens with zero attached hydrogens (tertiary/aromatic N) is 3. The summed E-state index contributed by atoms with van der Waals surface area (Å²) >= 11 is 0.